The van der Waals surface area contributed by atoms with Gasteiger partial charge in [-0.25, -0.2) is 0 Å². The Morgan fingerprint density at radius 1 is 1.14 bits per heavy atom. The zero-order valence-electron chi connectivity index (χ0n) is 13.1. The summed E-state index contributed by atoms with van der Waals surface area (Å²) in [6, 6.07) is 6.65. The van der Waals surface area contributed by atoms with Crippen molar-refractivity contribution in [2.75, 3.05) is 19.9 Å². The predicted octanol–water partition coefficient (Wildman–Crippen LogP) is 2.31. The summed E-state index contributed by atoms with van der Waals surface area (Å²) in [6.45, 7) is 4.70. The van der Waals surface area contributed by atoms with Crippen LogP contribution in [0.1, 0.15) is 29.8 Å². The second-order valence-electron chi connectivity index (χ2n) is 6.10. The van der Waals surface area contributed by atoms with Gasteiger partial charge in [-0.3, -0.25) is 9.58 Å². The van der Waals surface area contributed by atoms with Gasteiger partial charge in [0.15, 0.2) is 11.5 Å². The number of hydrogen-bond donors (Lipinski definition) is 0. The molecule has 4 rings (SSSR count). The SMILES string of the molecule is CC(c1ccc2c(c1)OCO2)N1CCc2cn(C)nc2CC1. The molecule has 2 aliphatic heterocycles. The summed E-state index contributed by atoms with van der Waals surface area (Å²) in [7, 11) is 2.00. The summed E-state index contributed by atoms with van der Waals surface area (Å²) in [5.74, 6) is 1.72. The molecule has 0 spiro atoms. The van der Waals surface area contributed by atoms with Crippen LogP contribution in [0.4, 0.5) is 0 Å². The molecule has 3 heterocycles. The van der Waals surface area contributed by atoms with E-state index in [1.165, 1.54) is 16.8 Å². The van der Waals surface area contributed by atoms with E-state index in [-0.39, 0.29) is 0 Å². The minimum Gasteiger partial charge on any atom is -0.454 e. The third kappa shape index (κ3) is 2.35. The van der Waals surface area contributed by atoms with Crippen molar-refractivity contribution in [1.82, 2.24) is 14.7 Å². The maximum absolute atomic E-state index is 5.50. The lowest BCUT2D eigenvalue weighted by Gasteiger charge is -2.28. The quantitative estimate of drug-likeness (QED) is 0.853. The van der Waals surface area contributed by atoms with Crippen LogP contribution >= 0.6 is 0 Å². The van der Waals surface area contributed by atoms with E-state index in [2.05, 4.69) is 35.3 Å². The van der Waals surface area contributed by atoms with Gasteiger partial charge in [0.05, 0.1) is 5.69 Å². The molecule has 0 bridgehead atoms. The fourth-order valence-electron chi connectivity index (χ4n) is 3.40. The van der Waals surface area contributed by atoms with Crippen molar-refractivity contribution in [2.45, 2.75) is 25.8 Å². The molecule has 1 aromatic carbocycles. The van der Waals surface area contributed by atoms with Crippen LogP contribution in [-0.4, -0.2) is 34.6 Å². The van der Waals surface area contributed by atoms with Crippen molar-refractivity contribution in [3.8, 4) is 11.5 Å². The molecule has 5 heteroatoms. The molecule has 0 saturated heterocycles. The fourth-order valence-corrected chi connectivity index (χ4v) is 3.40. The topological polar surface area (TPSA) is 39.5 Å². The summed E-state index contributed by atoms with van der Waals surface area (Å²) >= 11 is 0. The third-order valence-corrected chi connectivity index (χ3v) is 4.72. The third-order valence-electron chi connectivity index (χ3n) is 4.72. The molecule has 0 radical (unpaired) electrons. The lowest BCUT2D eigenvalue weighted by molar-refractivity contribution is 0.173. The van der Waals surface area contributed by atoms with Crippen LogP contribution in [-0.2, 0) is 19.9 Å². The van der Waals surface area contributed by atoms with E-state index < -0.39 is 0 Å². The second kappa shape index (κ2) is 5.32. The van der Waals surface area contributed by atoms with E-state index in [9.17, 15) is 0 Å². The van der Waals surface area contributed by atoms with Gasteiger partial charge in [0, 0.05) is 38.8 Å². The zero-order valence-corrected chi connectivity index (χ0v) is 13.1. The first-order chi connectivity index (χ1) is 10.7. The molecule has 1 aromatic heterocycles. The van der Waals surface area contributed by atoms with Gasteiger partial charge in [-0.05, 0) is 36.6 Å². The minimum atomic E-state index is 0.332. The Morgan fingerprint density at radius 3 is 2.86 bits per heavy atom. The van der Waals surface area contributed by atoms with Crippen LogP contribution in [0.2, 0.25) is 0 Å². The van der Waals surface area contributed by atoms with Gasteiger partial charge in [-0.15, -0.1) is 0 Å². The molecule has 0 aliphatic carbocycles. The average molecular weight is 299 g/mol. The van der Waals surface area contributed by atoms with Crippen LogP contribution in [0.5, 0.6) is 11.5 Å². The highest BCUT2D eigenvalue weighted by Gasteiger charge is 2.23. The van der Waals surface area contributed by atoms with Crippen LogP contribution < -0.4 is 9.47 Å². The second-order valence-corrected chi connectivity index (χ2v) is 6.10. The van der Waals surface area contributed by atoms with Crippen molar-refractivity contribution in [3.05, 3.63) is 41.2 Å². The van der Waals surface area contributed by atoms with Crippen LogP contribution in [0.3, 0.4) is 0 Å². The normalized spacial score (nSPS) is 18.8. The van der Waals surface area contributed by atoms with E-state index in [0.29, 0.717) is 12.8 Å². The van der Waals surface area contributed by atoms with E-state index in [1.807, 2.05) is 17.8 Å². The number of hydrogen-bond acceptors (Lipinski definition) is 4. The van der Waals surface area contributed by atoms with Gasteiger partial charge in [0.2, 0.25) is 6.79 Å². The Bertz CT molecular complexity index is 670. The molecule has 2 aliphatic rings. The van der Waals surface area contributed by atoms with Gasteiger partial charge in [0.25, 0.3) is 0 Å². The highest BCUT2D eigenvalue weighted by Crippen LogP contribution is 2.35. The van der Waals surface area contributed by atoms with Crippen molar-refractivity contribution in [3.63, 3.8) is 0 Å². The lowest BCUT2D eigenvalue weighted by Crippen LogP contribution is -2.29. The van der Waals surface area contributed by atoms with E-state index in [4.69, 9.17) is 9.47 Å². The number of benzene rings is 1. The summed E-state index contributed by atoms with van der Waals surface area (Å²) in [4.78, 5) is 2.53. The molecular weight excluding hydrogens is 278 g/mol. The zero-order chi connectivity index (χ0) is 15.1. The van der Waals surface area contributed by atoms with E-state index in [1.54, 1.807) is 0 Å². The Labute approximate surface area is 130 Å². The number of ether oxygens (including phenoxy) is 2. The molecule has 0 N–H and O–H groups in total. The molecule has 22 heavy (non-hydrogen) atoms. The first-order valence-corrected chi connectivity index (χ1v) is 7.86. The van der Waals surface area contributed by atoms with Gasteiger partial charge < -0.3 is 9.47 Å². The first kappa shape index (κ1) is 13.6. The number of rotatable bonds is 2. The number of aromatic nitrogens is 2. The van der Waals surface area contributed by atoms with Crippen molar-refractivity contribution < 1.29 is 9.47 Å². The Morgan fingerprint density at radius 2 is 1.95 bits per heavy atom. The largest absolute Gasteiger partial charge is 0.454 e. The number of fused-ring (bicyclic) bond motifs is 2. The monoisotopic (exact) mass is 299 g/mol. The smallest absolute Gasteiger partial charge is 0.231 e. The maximum atomic E-state index is 5.50. The summed E-state index contributed by atoms with van der Waals surface area (Å²) in [6.07, 6.45) is 4.24. The molecule has 0 amide bonds. The summed E-state index contributed by atoms with van der Waals surface area (Å²) < 4.78 is 12.8. The highest BCUT2D eigenvalue weighted by molar-refractivity contribution is 5.45. The van der Waals surface area contributed by atoms with E-state index >= 15 is 0 Å². The Hall–Kier alpha value is -2.01. The molecule has 0 saturated carbocycles. The van der Waals surface area contributed by atoms with Gasteiger partial charge in [-0.1, -0.05) is 6.07 Å². The summed E-state index contributed by atoms with van der Waals surface area (Å²) in [5, 5.41) is 4.58. The highest BCUT2D eigenvalue weighted by atomic mass is 16.7. The molecule has 2 aromatic rings. The predicted molar refractivity (Wildman–Crippen MR) is 83.2 cm³/mol. The standard InChI is InChI=1S/C17H21N3O2/c1-12(13-3-4-16-17(9-13)22-11-21-16)20-7-5-14-10-19(2)18-15(14)6-8-20/h3-4,9-10,12H,5-8,11H2,1-2H3. The van der Waals surface area contributed by atoms with Crippen LogP contribution in [0.15, 0.2) is 24.4 Å². The molecule has 0 fully saturated rings. The maximum Gasteiger partial charge on any atom is 0.231 e. The Kier molecular flexibility index (Phi) is 3.30. The molecule has 116 valence electrons. The van der Waals surface area contributed by atoms with Crippen molar-refractivity contribution in [2.24, 2.45) is 7.05 Å². The number of nitrogens with zero attached hydrogens (tertiary/aromatic N) is 3. The summed E-state index contributed by atoms with van der Waals surface area (Å²) in [5.41, 5.74) is 3.93. The molecule has 1 atom stereocenters. The van der Waals surface area contributed by atoms with Crippen LogP contribution in [0, 0.1) is 0 Å². The van der Waals surface area contributed by atoms with Gasteiger partial charge in [-0.2, -0.15) is 5.10 Å². The fraction of sp³-hybridized carbons (Fsp3) is 0.471. The Balaban J connectivity index is 1.51. The first-order valence-electron chi connectivity index (χ1n) is 7.86. The lowest BCUT2D eigenvalue weighted by atomic mass is 10.1. The van der Waals surface area contributed by atoms with Gasteiger partial charge in [0.1, 0.15) is 0 Å². The van der Waals surface area contributed by atoms with Crippen LogP contribution in [0.25, 0.3) is 0 Å². The molecule has 1 unspecified atom stereocenters. The van der Waals surface area contributed by atoms with Gasteiger partial charge >= 0.3 is 0 Å². The minimum absolute atomic E-state index is 0.332. The molecular formula is C17H21N3O2. The van der Waals surface area contributed by atoms with Crippen molar-refractivity contribution >= 4 is 0 Å². The van der Waals surface area contributed by atoms with E-state index in [0.717, 1.165) is 37.4 Å². The average Bonchev–Trinajstić information content (AvgIpc) is 3.07. The van der Waals surface area contributed by atoms with Crippen molar-refractivity contribution in [1.29, 1.82) is 0 Å². The molecule has 5 nitrogen and oxygen atoms in total. The number of aryl methyl sites for hydroxylation is 1.